The molecule has 0 saturated carbocycles. The van der Waals surface area contributed by atoms with Crippen molar-refractivity contribution in [3.05, 3.63) is 57.0 Å². The van der Waals surface area contributed by atoms with Crippen LogP contribution in [0.25, 0.3) is 0 Å². The first-order chi connectivity index (χ1) is 10.9. The molecule has 0 saturated heterocycles. The van der Waals surface area contributed by atoms with Crippen molar-refractivity contribution < 1.29 is 14.3 Å². The van der Waals surface area contributed by atoms with Crippen molar-refractivity contribution in [3.8, 4) is 0 Å². The van der Waals surface area contributed by atoms with Gasteiger partial charge in [0.15, 0.2) is 6.61 Å². The molecule has 3 N–H and O–H groups in total. The number of aryl methyl sites for hydroxylation is 1. The third-order valence-electron chi connectivity index (χ3n) is 3.03. The maximum absolute atomic E-state index is 11.9. The Morgan fingerprint density at radius 2 is 2.00 bits per heavy atom. The van der Waals surface area contributed by atoms with Crippen LogP contribution in [0.1, 0.15) is 15.9 Å². The van der Waals surface area contributed by atoms with Gasteiger partial charge in [0.25, 0.3) is 5.91 Å². The van der Waals surface area contributed by atoms with Crippen LogP contribution in [0.4, 0.5) is 11.4 Å². The highest BCUT2D eigenvalue weighted by molar-refractivity contribution is 9.10. The van der Waals surface area contributed by atoms with Crippen molar-refractivity contribution in [2.45, 2.75) is 6.92 Å². The van der Waals surface area contributed by atoms with E-state index in [4.69, 9.17) is 22.1 Å². The van der Waals surface area contributed by atoms with Gasteiger partial charge in [0.2, 0.25) is 0 Å². The number of ether oxygens (including phenoxy) is 1. The standard InChI is InChI=1S/C16H14BrClN2O3/c1-9-6-11(17)3-5-14(9)20-15(21)8-23-16(22)10-2-4-12(18)13(19)7-10/h2-7H,8,19H2,1H3,(H,20,21). The minimum atomic E-state index is -0.643. The molecule has 0 aliphatic heterocycles. The summed E-state index contributed by atoms with van der Waals surface area (Å²) in [4.78, 5) is 23.7. The number of benzene rings is 2. The second kappa shape index (κ2) is 7.48. The molecule has 5 nitrogen and oxygen atoms in total. The Kier molecular flexibility index (Phi) is 5.63. The zero-order chi connectivity index (χ0) is 17.0. The average molecular weight is 398 g/mol. The molecule has 0 radical (unpaired) electrons. The maximum Gasteiger partial charge on any atom is 0.338 e. The molecule has 0 aliphatic carbocycles. The lowest BCUT2D eigenvalue weighted by Gasteiger charge is -2.09. The van der Waals surface area contributed by atoms with Gasteiger partial charge in [-0.3, -0.25) is 4.79 Å². The Morgan fingerprint density at radius 1 is 1.26 bits per heavy atom. The molecule has 1 amide bonds. The summed E-state index contributed by atoms with van der Waals surface area (Å²) in [5, 5.41) is 3.03. The highest BCUT2D eigenvalue weighted by atomic mass is 79.9. The zero-order valence-electron chi connectivity index (χ0n) is 12.2. The number of nitrogens with one attached hydrogen (secondary N) is 1. The number of amides is 1. The average Bonchev–Trinajstić information content (AvgIpc) is 2.50. The van der Waals surface area contributed by atoms with Crippen LogP contribution in [0.15, 0.2) is 40.9 Å². The largest absolute Gasteiger partial charge is 0.452 e. The van der Waals surface area contributed by atoms with Gasteiger partial charge in [-0.15, -0.1) is 0 Å². The monoisotopic (exact) mass is 396 g/mol. The van der Waals surface area contributed by atoms with E-state index in [1.807, 2.05) is 19.1 Å². The first-order valence-electron chi connectivity index (χ1n) is 6.65. The number of hydrogen-bond donors (Lipinski definition) is 2. The van der Waals surface area contributed by atoms with Gasteiger partial charge < -0.3 is 15.8 Å². The van der Waals surface area contributed by atoms with Gasteiger partial charge in [0.1, 0.15) is 0 Å². The Balaban J connectivity index is 1.93. The minimum Gasteiger partial charge on any atom is -0.452 e. The second-order valence-corrected chi connectivity index (χ2v) is 6.14. The topological polar surface area (TPSA) is 81.4 Å². The molecule has 2 rings (SSSR count). The summed E-state index contributed by atoms with van der Waals surface area (Å²) < 4.78 is 5.88. The van der Waals surface area contributed by atoms with E-state index >= 15 is 0 Å². The molecule has 0 aliphatic rings. The number of nitrogen functional groups attached to an aromatic ring is 1. The molecule has 7 heteroatoms. The van der Waals surface area contributed by atoms with Gasteiger partial charge in [0.05, 0.1) is 16.3 Å². The first-order valence-corrected chi connectivity index (χ1v) is 7.82. The lowest BCUT2D eigenvalue weighted by atomic mass is 10.2. The number of rotatable bonds is 4. The van der Waals surface area contributed by atoms with Crippen LogP contribution in [0.3, 0.4) is 0 Å². The molecule has 0 aromatic heterocycles. The Bertz CT molecular complexity index is 765. The fraction of sp³-hybridized carbons (Fsp3) is 0.125. The summed E-state index contributed by atoms with van der Waals surface area (Å²) in [5.41, 5.74) is 7.68. The molecular formula is C16H14BrClN2O3. The lowest BCUT2D eigenvalue weighted by Crippen LogP contribution is -2.21. The second-order valence-electron chi connectivity index (χ2n) is 4.82. The molecule has 0 unspecified atom stereocenters. The molecule has 23 heavy (non-hydrogen) atoms. The number of nitrogens with two attached hydrogens (primary N) is 1. The van der Waals surface area contributed by atoms with Crippen LogP contribution in [0.2, 0.25) is 5.02 Å². The quantitative estimate of drug-likeness (QED) is 0.607. The summed E-state index contributed by atoms with van der Waals surface area (Å²) in [5.74, 6) is -1.07. The van der Waals surface area contributed by atoms with Gasteiger partial charge in [0, 0.05) is 10.2 Å². The van der Waals surface area contributed by atoms with Crippen LogP contribution in [-0.2, 0) is 9.53 Å². The molecule has 0 fully saturated rings. The van der Waals surface area contributed by atoms with Gasteiger partial charge in [-0.25, -0.2) is 4.79 Å². The Hall–Kier alpha value is -2.05. The smallest absolute Gasteiger partial charge is 0.338 e. The van der Waals surface area contributed by atoms with Gasteiger partial charge in [-0.1, -0.05) is 27.5 Å². The summed E-state index contributed by atoms with van der Waals surface area (Å²) in [6, 6.07) is 9.83. The van der Waals surface area contributed by atoms with Crippen LogP contribution in [0.5, 0.6) is 0 Å². The Labute approximate surface area is 146 Å². The molecule has 2 aromatic carbocycles. The van der Waals surface area contributed by atoms with E-state index in [0.29, 0.717) is 10.7 Å². The van der Waals surface area contributed by atoms with E-state index in [2.05, 4.69) is 21.2 Å². The van der Waals surface area contributed by atoms with Crippen molar-refractivity contribution >= 4 is 50.8 Å². The predicted octanol–water partition coefficient (Wildman–Crippen LogP) is 3.79. The number of carbonyl (C=O) groups excluding carboxylic acids is 2. The normalized spacial score (nSPS) is 10.2. The van der Waals surface area contributed by atoms with E-state index < -0.39 is 18.5 Å². The summed E-state index contributed by atoms with van der Waals surface area (Å²) in [7, 11) is 0. The van der Waals surface area contributed by atoms with Crippen LogP contribution < -0.4 is 11.1 Å². The number of halogens is 2. The highest BCUT2D eigenvalue weighted by Crippen LogP contribution is 2.21. The number of esters is 1. The van der Waals surface area contributed by atoms with E-state index in [1.165, 1.54) is 18.2 Å². The first kappa shape index (κ1) is 17.3. The number of anilines is 2. The van der Waals surface area contributed by atoms with E-state index in [1.54, 1.807) is 6.07 Å². The fourth-order valence-corrected chi connectivity index (χ4v) is 2.43. The number of carbonyl (C=O) groups is 2. The highest BCUT2D eigenvalue weighted by Gasteiger charge is 2.12. The molecule has 0 atom stereocenters. The molecule has 120 valence electrons. The maximum atomic E-state index is 11.9. The van der Waals surface area contributed by atoms with E-state index in [0.717, 1.165) is 10.0 Å². The van der Waals surface area contributed by atoms with Gasteiger partial charge >= 0.3 is 5.97 Å². The number of hydrogen-bond acceptors (Lipinski definition) is 4. The third kappa shape index (κ3) is 4.71. The van der Waals surface area contributed by atoms with Crippen molar-refractivity contribution in [1.82, 2.24) is 0 Å². The van der Waals surface area contributed by atoms with E-state index in [-0.39, 0.29) is 11.3 Å². The molecular weight excluding hydrogens is 384 g/mol. The van der Waals surface area contributed by atoms with Crippen LogP contribution in [0, 0.1) is 6.92 Å². The van der Waals surface area contributed by atoms with Gasteiger partial charge in [-0.2, -0.15) is 0 Å². The minimum absolute atomic E-state index is 0.236. The molecule has 0 spiro atoms. The fourth-order valence-electron chi connectivity index (χ4n) is 1.84. The SMILES string of the molecule is Cc1cc(Br)ccc1NC(=O)COC(=O)c1ccc(Cl)c(N)c1. The predicted molar refractivity (Wildman–Crippen MR) is 93.7 cm³/mol. The van der Waals surface area contributed by atoms with E-state index in [9.17, 15) is 9.59 Å². The van der Waals surface area contributed by atoms with Crippen molar-refractivity contribution in [3.63, 3.8) is 0 Å². The molecule has 0 bridgehead atoms. The molecule has 2 aromatic rings. The summed E-state index contributed by atoms with van der Waals surface area (Å²) in [6.07, 6.45) is 0. The summed E-state index contributed by atoms with van der Waals surface area (Å²) >= 11 is 9.13. The third-order valence-corrected chi connectivity index (χ3v) is 3.87. The van der Waals surface area contributed by atoms with Crippen molar-refractivity contribution in [1.29, 1.82) is 0 Å². The Morgan fingerprint density at radius 3 is 2.65 bits per heavy atom. The van der Waals surface area contributed by atoms with Crippen molar-refractivity contribution in [2.75, 3.05) is 17.7 Å². The zero-order valence-corrected chi connectivity index (χ0v) is 14.6. The van der Waals surface area contributed by atoms with Gasteiger partial charge in [-0.05, 0) is 48.9 Å². The van der Waals surface area contributed by atoms with Crippen molar-refractivity contribution in [2.24, 2.45) is 0 Å². The van der Waals surface area contributed by atoms with Crippen LogP contribution in [-0.4, -0.2) is 18.5 Å². The van der Waals surface area contributed by atoms with Crippen LogP contribution >= 0.6 is 27.5 Å². The summed E-state index contributed by atoms with van der Waals surface area (Å²) in [6.45, 7) is 1.47. The molecule has 0 heterocycles. The lowest BCUT2D eigenvalue weighted by molar-refractivity contribution is -0.119.